The first-order valence-corrected chi connectivity index (χ1v) is 9.92. The minimum atomic E-state index is -4.84. The molecule has 1 atom stereocenters. The van der Waals surface area contributed by atoms with E-state index in [2.05, 4.69) is 30.7 Å². The van der Waals surface area contributed by atoms with Crippen LogP contribution in [0.15, 0.2) is 24.7 Å². The van der Waals surface area contributed by atoms with Crippen molar-refractivity contribution >= 4 is 23.4 Å². The number of fused-ring (bicyclic) bond motifs is 1. The standard InChI is InChI=1S/C20H20F4N8O/c1-10-15-17(31(3)11(2)18(33)29-15)30-19(28-10)26-6-13-7-27-32(9-13)8-12-4-14(21)16(25-5-12)20(22,23)24/h4-5,7,9,11H,6,8H2,1-3H3,(H,29,33)(H,26,28,30)/t11-/m0/s1. The van der Waals surface area contributed by atoms with E-state index in [0.29, 0.717) is 29.7 Å². The zero-order valence-corrected chi connectivity index (χ0v) is 17.9. The number of aryl methyl sites for hydroxylation is 1. The van der Waals surface area contributed by atoms with Gasteiger partial charge < -0.3 is 15.5 Å². The van der Waals surface area contributed by atoms with Gasteiger partial charge in [-0.3, -0.25) is 9.48 Å². The number of hydrogen-bond acceptors (Lipinski definition) is 7. The van der Waals surface area contributed by atoms with E-state index in [4.69, 9.17) is 0 Å². The summed E-state index contributed by atoms with van der Waals surface area (Å²) in [6.45, 7) is 3.92. The number of nitrogens with zero attached hydrogens (tertiary/aromatic N) is 6. The molecule has 0 saturated heterocycles. The third-order valence-corrected chi connectivity index (χ3v) is 5.26. The highest BCUT2D eigenvalue weighted by Crippen LogP contribution is 2.32. The average Bonchev–Trinajstić information content (AvgIpc) is 3.18. The van der Waals surface area contributed by atoms with Crippen molar-refractivity contribution in [3.8, 4) is 0 Å². The van der Waals surface area contributed by atoms with Gasteiger partial charge in [-0.15, -0.1) is 0 Å². The zero-order chi connectivity index (χ0) is 23.9. The van der Waals surface area contributed by atoms with Gasteiger partial charge in [0.2, 0.25) is 11.9 Å². The molecular formula is C20H20F4N8O. The van der Waals surface area contributed by atoms with E-state index in [0.717, 1.165) is 17.8 Å². The van der Waals surface area contributed by atoms with Crippen molar-refractivity contribution in [3.63, 3.8) is 0 Å². The Morgan fingerprint density at radius 3 is 2.67 bits per heavy atom. The Hall–Kier alpha value is -3.77. The zero-order valence-electron chi connectivity index (χ0n) is 17.9. The smallest absolute Gasteiger partial charge is 0.350 e. The molecule has 1 amide bonds. The lowest BCUT2D eigenvalue weighted by Crippen LogP contribution is -2.44. The topological polar surface area (TPSA) is 101 Å². The number of pyridine rings is 1. The number of amides is 1. The van der Waals surface area contributed by atoms with Gasteiger partial charge in [0.05, 0.1) is 18.4 Å². The maximum atomic E-state index is 13.7. The van der Waals surface area contributed by atoms with Crippen LogP contribution in [0.3, 0.4) is 0 Å². The molecule has 2 N–H and O–H groups in total. The highest BCUT2D eigenvalue weighted by Gasteiger charge is 2.36. The summed E-state index contributed by atoms with van der Waals surface area (Å²) >= 11 is 0. The van der Waals surface area contributed by atoms with Crippen LogP contribution in [-0.4, -0.2) is 43.7 Å². The van der Waals surface area contributed by atoms with E-state index >= 15 is 0 Å². The van der Waals surface area contributed by atoms with Crippen molar-refractivity contribution in [3.05, 3.63) is 53.0 Å². The molecule has 0 bridgehead atoms. The number of nitrogens with one attached hydrogen (secondary N) is 2. The van der Waals surface area contributed by atoms with Crippen molar-refractivity contribution in [2.45, 2.75) is 39.2 Å². The van der Waals surface area contributed by atoms with E-state index in [1.54, 1.807) is 38.2 Å². The van der Waals surface area contributed by atoms with Gasteiger partial charge in [-0.2, -0.15) is 23.3 Å². The molecule has 0 unspecified atom stereocenters. The predicted molar refractivity (Wildman–Crippen MR) is 111 cm³/mol. The Bertz CT molecular complexity index is 1210. The Labute approximate surface area is 185 Å². The molecule has 3 aromatic rings. The highest BCUT2D eigenvalue weighted by atomic mass is 19.4. The normalized spacial score (nSPS) is 15.9. The molecule has 0 saturated carbocycles. The van der Waals surface area contributed by atoms with Gasteiger partial charge in [0.1, 0.15) is 11.7 Å². The first-order valence-electron chi connectivity index (χ1n) is 9.92. The number of likely N-dealkylation sites (N-methyl/N-ethyl adjacent to an activating group) is 1. The molecule has 4 heterocycles. The summed E-state index contributed by atoms with van der Waals surface area (Å²) < 4.78 is 53.1. The summed E-state index contributed by atoms with van der Waals surface area (Å²) in [6.07, 6.45) is -0.628. The largest absolute Gasteiger partial charge is 0.436 e. The monoisotopic (exact) mass is 464 g/mol. The Kier molecular flexibility index (Phi) is 5.64. The molecule has 0 aliphatic carbocycles. The lowest BCUT2D eigenvalue weighted by Gasteiger charge is -2.32. The van der Waals surface area contributed by atoms with Crippen LogP contribution in [0.1, 0.15) is 29.4 Å². The number of carbonyl (C=O) groups excluding carboxylic acids is 1. The van der Waals surface area contributed by atoms with Crippen LogP contribution < -0.4 is 15.5 Å². The molecule has 0 fully saturated rings. The van der Waals surface area contributed by atoms with E-state index in [9.17, 15) is 22.4 Å². The van der Waals surface area contributed by atoms with Crippen LogP contribution in [0.5, 0.6) is 0 Å². The molecule has 1 aliphatic heterocycles. The number of aromatic nitrogens is 5. The third-order valence-electron chi connectivity index (χ3n) is 5.26. The number of hydrogen-bond donors (Lipinski definition) is 2. The van der Waals surface area contributed by atoms with Crippen LogP contribution in [0.4, 0.5) is 35.0 Å². The van der Waals surface area contributed by atoms with Crippen LogP contribution in [0.2, 0.25) is 0 Å². The van der Waals surface area contributed by atoms with E-state index < -0.39 is 17.7 Å². The Morgan fingerprint density at radius 1 is 1.21 bits per heavy atom. The van der Waals surface area contributed by atoms with Gasteiger partial charge in [-0.05, 0) is 25.5 Å². The molecule has 13 heteroatoms. The van der Waals surface area contributed by atoms with Gasteiger partial charge in [-0.25, -0.2) is 14.4 Å². The average molecular weight is 464 g/mol. The molecule has 0 radical (unpaired) electrons. The second kappa shape index (κ2) is 8.30. The van der Waals surface area contributed by atoms with E-state index in [1.165, 1.54) is 4.68 Å². The first-order chi connectivity index (χ1) is 15.5. The molecular weight excluding hydrogens is 444 g/mol. The fraction of sp³-hybridized carbons (Fsp3) is 0.350. The van der Waals surface area contributed by atoms with Gasteiger partial charge in [0.15, 0.2) is 17.3 Å². The first kappa shape index (κ1) is 22.4. The van der Waals surface area contributed by atoms with Gasteiger partial charge >= 0.3 is 6.18 Å². The Morgan fingerprint density at radius 2 is 1.97 bits per heavy atom. The van der Waals surface area contributed by atoms with Gasteiger partial charge in [0, 0.05) is 31.5 Å². The molecule has 0 aromatic carbocycles. The molecule has 4 rings (SSSR count). The molecule has 0 spiro atoms. The van der Waals surface area contributed by atoms with Crippen LogP contribution >= 0.6 is 0 Å². The fourth-order valence-corrected chi connectivity index (χ4v) is 3.35. The van der Waals surface area contributed by atoms with Crippen molar-refractivity contribution in [1.82, 2.24) is 24.7 Å². The van der Waals surface area contributed by atoms with Crippen molar-refractivity contribution in [2.24, 2.45) is 0 Å². The van der Waals surface area contributed by atoms with Gasteiger partial charge in [0.25, 0.3) is 0 Å². The summed E-state index contributed by atoms with van der Waals surface area (Å²) in [4.78, 5) is 25.8. The highest BCUT2D eigenvalue weighted by molar-refractivity contribution is 6.03. The molecule has 9 nitrogen and oxygen atoms in total. The summed E-state index contributed by atoms with van der Waals surface area (Å²) in [5.41, 5.74) is 0.635. The lowest BCUT2D eigenvalue weighted by atomic mass is 10.2. The third kappa shape index (κ3) is 4.56. The van der Waals surface area contributed by atoms with Crippen LogP contribution in [-0.2, 0) is 24.1 Å². The fourth-order valence-electron chi connectivity index (χ4n) is 3.35. The van der Waals surface area contributed by atoms with E-state index in [1.807, 2.05) is 0 Å². The van der Waals surface area contributed by atoms with Gasteiger partial charge in [-0.1, -0.05) is 0 Å². The number of carbonyl (C=O) groups is 1. The lowest BCUT2D eigenvalue weighted by molar-refractivity contribution is -0.143. The number of anilines is 3. The number of halogens is 4. The number of rotatable bonds is 5. The summed E-state index contributed by atoms with van der Waals surface area (Å²) in [5, 5.41) is 10.1. The minimum absolute atomic E-state index is 0.0545. The summed E-state index contributed by atoms with van der Waals surface area (Å²) in [5.74, 6) is -0.592. The molecule has 1 aliphatic rings. The molecule has 174 valence electrons. The second-order valence-corrected chi connectivity index (χ2v) is 7.68. The SMILES string of the molecule is Cc1nc(NCc2cnn(Cc3cnc(C(F)(F)F)c(F)c3)c2)nc2c1NC(=O)[C@H](C)N2C. The molecule has 33 heavy (non-hydrogen) atoms. The van der Waals surface area contributed by atoms with Crippen LogP contribution in [0.25, 0.3) is 0 Å². The maximum absolute atomic E-state index is 13.7. The summed E-state index contributed by atoms with van der Waals surface area (Å²) in [6, 6.07) is 0.428. The van der Waals surface area contributed by atoms with Crippen molar-refractivity contribution in [2.75, 3.05) is 22.6 Å². The quantitative estimate of drug-likeness (QED) is 0.560. The Balaban J connectivity index is 1.43. The minimum Gasteiger partial charge on any atom is -0.350 e. The molecule has 3 aromatic heterocycles. The summed E-state index contributed by atoms with van der Waals surface area (Å²) in [7, 11) is 1.78. The van der Waals surface area contributed by atoms with Crippen molar-refractivity contribution in [1.29, 1.82) is 0 Å². The maximum Gasteiger partial charge on any atom is 0.436 e. The second-order valence-electron chi connectivity index (χ2n) is 7.68. The predicted octanol–water partition coefficient (Wildman–Crippen LogP) is 2.97. The van der Waals surface area contributed by atoms with Crippen molar-refractivity contribution < 1.29 is 22.4 Å². The van der Waals surface area contributed by atoms with Crippen LogP contribution in [0, 0.1) is 12.7 Å². The number of alkyl halides is 3. The van der Waals surface area contributed by atoms with E-state index in [-0.39, 0.29) is 24.1 Å².